The van der Waals surface area contributed by atoms with Crippen molar-refractivity contribution in [2.45, 2.75) is 44.6 Å². The van der Waals surface area contributed by atoms with Crippen molar-refractivity contribution >= 4 is 0 Å². The van der Waals surface area contributed by atoms with E-state index in [1.165, 1.54) is 38.5 Å². The average molecular weight is 226 g/mol. The molecule has 1 aliphatic carbocycles. The number of hydrogen-bond acceptors (Lipinski definition) is 3. The summed E-state index contributed by atoms with van der Waals surface area (Å²) in [6.07, 6.45) is 7.73. The zero-order valence-electron chi connectivity index (χ0n) is 10.3. The molecule has 3 heteroatoms. The maximum absolute atomic E-state index is 9.36. The topological polar surface area (TPSA) is 44.3 Å². The number of rotatable bonds is 4. The van der Waals surface area contributed by atoms with E-state index in [0.717, 1.165) is 19.6 Å². The zero-order chi connectivity index (χ0) is 11.2. The average Bonchev–Trinajstić information content (AvgIpc) is 2.38. The van der Waals surface area contributed by atoms with E-state index in [0.29, 0.717) is 24.5 Å². The maximum Gasteiger partial charge on any atom is 0.0462 e. The van der Waals surface area contributed by atoms with E-state index in [-0.39, 0.29) is 0 Å². The number of aliphatic hydroxyl groups is 1. The number of aliphatic hydroxyl groups excluding tert-OH is 1. The van der Waals surface area contributed by atoms with Crippen molar-refractivity contribution in [2.24, 2.45) is 11.8 Å². The molecule has 0 bridgehead atoms. The molecule has 3 nitrogen and oxygen atoms in total. The molecule has 16 heavy (non-hydrogen) atoms. The van der Waals surface area contributed by atoms with Gasteiger partial charge in [-0.15, -0.1) is 0 Å². The van der Waals surface area contributed by atoms with Gasteiger partial charge in [-0.25, -0.2) is 0 Å². The summed E-state index contributed by atoms with van der Waals surface area (Å²) in [7, 11) is 0. The summed E-state index contributed by atoms with van der Waals surface area (Å²) < 4.78 is 0. The molecule has 1 heterocycles. The summed E-state index contributed by atoms with van der Waals surface area (Å²) in [5.41, 5.74) is 0. The monoisotopic (exact) mass is 226 g/mol. The minimum Gasteiger partial charge on any atom is -0.396 e. The van der Waals surface area contributed by atoms with Gasteiger partial charge in [-0.1, -0.05) is 12.8 Å². The second kappa shape index (κ2) is 6.58. The van der Waals surface area contributed by atoms with Crippen LogP contribution in [0.1, 0.15) is 38.5 Å². The van der Waals surface area contributed by atoms with Crippen LogP contribution in [0, 0.1) is 11.8 Å². The molecule has 2 rings (SSSR count). The van der Waals surface area contributed by atoms with Crippen LogP contribution >= 0.6 is 0 Å². The smallest absolute Gasteiger partial charge is 0.0462 e. The van der Waals surface area contributed by atoms with Crippen molar-refractivity contribution in [3.8, 4) is 0 Å². The molecule has 0 aromatic carbocycles. The van der Waals surface area contributed by atoms with Gasteiger partial charge in [0.2, 0.25) is 0 Å². The van der Waals surface area contributed by atoms with Gasteiger partial charge in [0.15, 0.2) is 0 Å². The summed E-state index contributed by atoms with van der Waals surface area (Å²) in [5.74, 6) is 1.27. The van der Waals surface area contributed by atoms with E-state index in [1.54, 1.807) is 0 Å². The molecule has 2 aliphatic rings. The first kappa shape index (κ1) is 12.3. The molecule has 2 fully saturated rings. The highest BCUT2D eigenvalue weighted by Gasteiger charge is 2.25. The molecule has 94 valence electrons. The first-order valence-corrected chi connectivity index (χ1v) is 6.95. The van der Waals surface area contributed by atoms with Crippen molar-refractivity contribution in [2.75, 3.05) is 26.2 Å². The Hall–Kier alpha value is -0.120. The normalized spacial score (nSPS) is 32.8. The summed E-state index contributed by atoms with van der Waals surface area (Å²) in [5, 5.41) is 16.5. The molecule has 0 amide bonds. The quantitative estimate of drug-likeness (QED) is 0.673. The Kier molecular flexibility index (Phi) is 5.07. The molecule has 3 N–H and O–H groups in total. The minimum absolute atomic E-state index is 0.387. The maximum atomic E-state index is 9.36. The van der Waals surface area contributed by atoms with Gasteiger partial charge >= 0.3 is 0 Å². The van der Waals surface area contributed by atoms with Gasteiger partial charge in [0.25, 0.3) is 0 Å². The standard InChI is InChI=1S/C13H26N2O/c16-10-12-4-2-1-3-11(12)9-15-13-5-7-14-8-6-13/h11-16H,1-10H2. The van der Waals surface area contributed by atoms with Crippen LogP contribution in [0.25, 0.3) is 0 Å². The van der Waals surface area contributed by atoms with Crippen LogP contribution in [-0.4, -0.2) is 37.4 Å². The van der Waals surface area contributed by atoms with Crippen molar-refractivity contribution in [1.82, 2.24) is 10.6 Å². The molecule has 1 aliphatic heterocycles. The highest BCUT2D eigenvalue weighted by atomic mass is 16.3. The van der Waals surface area contributed by atoms with Crippen LogP contribution < -0.4 is 10.6 Å². The predicted molar refractivity (Wildman–Crippen MR) is 66.4 cm³/mol. The van der Waals surface area contributed by atoms with Gasteiger partial charge in [0, 0.05) is 12.6 Å². The lowest BCUT2D eigenvalue weighted by Gasteiger charge is -2.33. The summed E-state index contributed by atoms with van der Waals surface area (Å²) in [4.78, 5) is 0. The van der Waals surface area contributed by atoms with Crippen molar-refractivity contribution in [3.05, 3.63) is 0 Å². The minimum atomic E-state index is 0.387. The van der Waals surface area contributed by atoms with Crippen LogP contribution in [-0.2, 0) is 0 Å². The Morgan fingerprint density at radius 1 is 1.00 bits per heavy atom. The van der Waals surface area contributed by atoms with Crippen LogP contribution in [0.3, 0.4) is 0 Å². The van der Waals surface area contributed by atoms with Gasteiger partial charge in [0.1, 0.15) is 0 Å². The molecule has 0 spiro atoms. The van der Waals surface area contributed by atoms with E-state index in [4.69, 9.17) is 0 Å². The molecule has 1 saturated heterocycles. The SMILES string of the molecule is OCC1CCCCC1CNC1CCNCC1. The molecule has 1 saturated carbocycles. The third-order valence-corrected chi connectivity index (χ3v) is 4.31. The summed E-state index contributed by atoms with van der Waals surface area (Å²) in [6, 6.07) is 0.711. The Morgan fingerprint density at radius 2 is 1.69 bits per heavy atom. The molecule has 0 aromatic rings. The highest BCUT2D eigenvalue weighted by molar-refractivity contribution is 4.80. The molecular weight excluding hydrogens is 200 g/mol. The Balaban J connectivity index is 1.70. The van der Waals surface area contributed by atoms with E-state index in [9.17, 15) is 5.11 Å². The van der Waals surface area contributed by atoms with Gasteiger partial charge in [-0.2, -0.15) is 0 Å². The first-order valence-electron chi connectivity index (χ1n) is 6.95. The lowest BCUT2D eigenvalue weighted by molar-refractivity contribution is 0.129. The van der Waals surface area contributed by atoms with E-state index in [2.05, 4.69) is 10.6 Å². The van der Waals surface area contributed by atoms with Gasteiger partial charge in [-0.3, -0.25) is 0 Å². The first-order chi connectivity index (χ1) is 7.90. The number of piperidine rings is 1. The van der Waals surface area contributed by atoms with Crippen molar-refractivity contribution < 1.29 is 5.11 Å². The van der Waals surface area contributed by atoms with Gasteiger partial charge in [-0.05, 0) is 57.2 Å². The third kappa shape index (κ3) is 3.44. The summed E-state index contributed by atoms with van der Waals surface area (Å²) in [6.45, 7) is 3.83. The van der Waals surface area contributed by atoms with Crippen LogP contribution in [0.4, 0.5) is 0 Å². The van der Waals surface area contributed by atoms with Crippen molar-refractivity contribution in [3.63, 3.8) is 0 Å². The van der Waals surface area contributed by atoms with Crippen LogP contribution in [0.2, 0.25) is 0 Å². The Labute approximate surface area is 99.0 Å². The van der Waals surface area contributed by atoms with Crippen LogP contribution in [0.5, 0.6) is 0 Å². The Morgan fingerprint density at radius 3 is 2.38 bits per heavy atom. The fraction of sp³-hybridized carbons (Fsp3) is 1.00. The largest absolute Gasteiger partial charge is 0.396 e. The van der Waals surface area contributed by atoms with E-state index in [1.807, 2.05) is 0 Å². The molecular formula is C13H26N2O. The lowest BCUT2D eigenvalue weighted by atomic mass is 9.79. The number of nitrogens with one attached hydrogen (secondary N) is 2. The second-order valence-electron chi connectivity index (χ2n) is 5.42. The fourth-order valence-electron chi connectivity index (χ4n) is 3.14. The Bertz CT molecular complexity index is 192. The molecule has 2 unspecified atom stereocenters. The van der Waals surface area contributed by atoms with Crippen LogP contribution in [0.15, 0.2) is 0 Å². The lowest BCUT2D eigenvalue weighted by Crippen LogP contribution is -2.43. The third-order valence-electron chi connectivity index (χ3n) is 4.31. The van der Waals surface area contributed by atoms with Gasteiger partial charge < -0.3 is 15.7 Å². The predicted octanol–water partition coefficient (Wildman–Crippen LogP) is 1.13. The second-order valence-corrected chi connectivity index (χ2v) is 5.42. The highest BCUT2D eigenvalue weighted by Crippen LogP contribution is 2.29. The van der Waals surface area contributed by atoms with E-state index < -0.39 is 0 Å². The molecule has 2 atom stereocenters. The fourth-order valence-corrected chi connectivity index (χ4v) is 3.14. The summed E-state index contributed by atoms with van der Waals surface area (Å²) >= 11 is 0. The van der Waals surface area contributed by atoms with Gasteiger partial charge in [0.05, 0.1) is 0 Å². The number of hydrogen-bond donors (Lipinski definition) is 3. The van der Waals surface area contributed by atoms with E-state index >= 15 is 0 Å². The van der Waals surface area contributed by atoms with Crippen molar-refractivity contribution in [1.29, 1.82) is 0 Å². The molecule has 0 aromatic heterocycles. The zero-order valence-corrected chi connectivity index (χ0v) is 10.3. The molecule has 0 radical (unpaired) electrons.